The Labute approximate surface area is 133 Å². The Balaban J connectivity index is 1.71. The first-order valence-electron chi connectivity index (χ1n) is 9.12. The first-order chi connectivity index (χ1) is 10.3. The molecule has 3 fully saturated rings. The molecule has 0 unspecified atom stereocenters. The van der Waals surface area contributed by atoms with Gasteiger partial charge < -0.3 is 0 Å². The van der Waals surface area contributed by atoms with E-state index in [9.17, 15) is 9.59 Å². The van der Waals surface area contributed by atoms with Crippen LogP contribution in [-0.4, -0.2) is 11.6 Å². The summed E-state index contributed by atoms with van der Waals surface area (Å²) in [4.78, 5) is 23.9. The molecule has 0 heterocycles. The van der Waals surface area contributed by atoms with Crippen molar-refractivity contribution in [1.82, 2.24) is 0 Å². The van der Waals surface area contributed by atoms with Crippen LogP contribution in [0.1, 0.15) is 65.7 Å². The summed E-state index contributed by atoms with van der Waals surface area (Å²) in [5.74, 6) is 2.68. The Morgan fingerprint density at radius 3 is 2.68 bits per heavy atom. The molecule has 0 aliphatic heterocycles. The molecule has 120 valence electrons. The standard InChI is InChI=1S/C20H28O2/c1-12-8-16-14-5-4-13-9-17(21)18(22)11-20(13,3)15(14)6-7-19(16,2)10-12/h9,12,14-16H,4-8,10-11H2,1-3H3/t12-,14-,15+,16+,19-,20+/m1/s1. The van der Waals surface area contributed by atoms with Crippen LogP contribution in [-0.2, 0) is 9.59 Å². The van der Waals surface area contributed by atoms with Crippen molar-refractivity contribution in [1.29, 1.82) is 0 Å². The maximum Gasteiger partial charge on any atom is 0.221 e. The van der Waals surface area contributed by atoms with Gasteiger partial charge in [-0.25, -0.2) is 0 Å². The summed E-state index contributed by atoms with van der Waals surface area (Å²) < 4.78 is 0. The second-order valence-corrected chi connectivity index (χ2v) is 9.20. The Bertz CT molecular complexity index is 574. The summed E-state index contributed by atoms with van der Waals surface area (Å²) in [6, 6.07) is 0. The van der Waals surface area contributed by atoms with Crippen LogP contribution in [0.25, 0.3) is 0 Å². The van der Waals surface area contributed by atoms with Gasteiger partial charge in [-0.3, -0.25) is 9.59 Å². The number of hydrogen-bond donors (Lipinski definition) is 0. The molecule has 3 saturated carbocycles. The van der Waals surface area contributed by atoms with Gasteiger partial charge in [0, 0.05) is 6.42 Å². The van der Waals surface area contributed by atoms with E-state index in [1.165, 1.54) is 37.7 Å². The van der Waals surface area contributed by atoms with E-state index in [0.717, 1.165) is 24.2 Å². The largest absolute Gasteiger partial charge is 0.290 e. The summed E-state index contributed by atoms with van der Waals surface area (Å²) in [5.41, 5.74) is 1.79. The summed E-state index contributed by atoms with van der Waals surface area (Å²) in [5, 5.41) is 0. The smallest absolute Gasteiger partial charge is 0.221 e. The first kappa shape index (κ1) is 14.7. The SMILES string of the molecule is C[C@@H]1C[C@H]2[C@@H]3CCC4=CC(=O)C(=O)C[C@]4(C)[C@H]3CC[C@]2(C)C1. The van der Waals surface area contributed by atoms with E-state index in [-0.39, 0.29) is 17.0 Å². The number of rotatable bonds is 0. The number of ketones is 2. The van der Waals surface area contributed by atoms with E-state index in [2.05, 4.69) is 20.8 Å². The van der Waals surface area contributed by atoms with Crippen LogP contribution < -0.4 is 0 Å². The van der Waals surface area contributed by atoms with E-state index in [4.69, 9.17) is 0 Å². The molecule has 4 rings (SSSR count). The van der Waals surface area contributed by atoms with Gasteiger partial charge in [-0.15, -0.1) is 0 Å². The Hall–Kier alpha value is -0.920. The lowest BCUT2D eigenvalue weighted by Crippen LogP contribution is -2.50. The molecule has 0 N–H and O–H groups in total. The van der Waals surface area contributed by atoms with Gasteiger partial charge in [0.05, 0.1) is 0 Å². The van der Waals surface area contributed by atoms with Crippen LogP contribution in [0.4, 0.5) is 0 Å². The fourth-order valence-corrected chi connectivity index (χ4v) is 6.89. The Morgan fingerprint density at radius 2 is 1.91 bits per heavy atom. The molecule has 0 radical (unpaired) electrons. The first-order valence-corrected chi connectivity index (χ1v) is 9.12. The highest BCUT2D eigenvalue weighted by atomic mass is 16.2. The van der Waals surface area contributed by atoms with E-state index in [0.29, 0.717) is 17.8 Å². The molecule has 0 aromatic carbocycles. The van der Waals surface area contributed by atoms with Crippen LogP contribution in [0.15, 0.2) is 11.6 Å². The number of fused-ring (bicyclic) bond motifs is 5. The summed E-state index contributed by atoms with van der Waals surface area (Å²) in [6.07, 6.45) is 9.77. The molecule has 4 aliphatic rings. The number of allylic oxidation sites excluding steroid dienone is 1. The molecule has 0 aromatic rings. The summed E-state index contributed by atoms with van der Waals surface area (Å²) in [6.45, 7) is 7.21. The second-order valence-electron chi connectivity index (χ2n) is 9.20. The molecule has 0 bridgehead atoms. The molecular formula is C20H28O2. The number of carbonyl (C=O) groups is 2. The van der Waals surface area contributed by atoms with Crippen molar-refractivity contribution in [2.75, 3.05) is 0 Å². The third-order valence-corrected chi connectivity index (χ3v) is 7.83. The molecule has 0 saturated heterocycles. The van der Waals surface area contributed by atoms with Crippen LogP contribution in [0.5, 0.6) is 0 Å². The lowest BCUT2D eigenvalue weighted by molar-refractivity contribution is -0.138. The van der Waals surface area contributed by atoms with Crippen molar-refractivity contribution in [3.05, 3.63) is 11.6 Å². The lowest BCUT2D eigenvalue weighted by Gasteiger charge is -2.57. The van der Waals surface area contributed by atoms with Gasteiger partial charge in [-0.1, -0.05) is 26.3 Å². The predicted octanol–water partition coefficient (Wildman–Crippen LogP) is 4.33. The third kappa shape index (κ3) is 1.85. The quantitative estimate of drug-likeness (QED) is 0.624. The van der Waals surface area contributed by atoms with Gasteiger partial charge >= 0.3 is 0 Å². The average molecular weight is 300 g/mol. The minimum Gasteiger partial charge on any atom is -0.290 e. The number of carbonyl (C=O) groups excluding carboxylic acids is 2. The van der Waals surface area contributed by atoms with Crippen LogP contribution in [0.2, 0.25) is 0 Å². The Kier molecular flexibility index (Phi) is 3.03. The van der Waals surface area contributed by atoms with E-state index in [1.807, 2.05) is 0 Å². The fraction of sp³-hybridized carbons (Fsp3) is 0.800. The number of Topliss-reactive ketones (excluding diaryl/α,β-unsaturated/α-hetero) is 1. The van der Waals surface area contributed by atoms with Gasteiger partial charge in [0.15, 0.2) is 0 Å². The maximum absolute atomic E-state index is 12.1. The van der Waals surface area contributed by atoms with Crippen LogP contribution in [0, 0.1) is 34.5 Å². The minimum atomic E-state index is -0.249. The monoisotopic (exact) mass is 300 g/mol. The summed E-state index contributed by atoms with van der Waals surface area (Å²) >= 11 is 0. The molecule has 22 heavy (non-hydrogen) atoms. The van der Waals surface area contributed by atoms with Crippen molar-refractivity contribution in [2.24, 2.45) is 34.5 Å². The Morgan fingerprint density at radius 1 is 1.14 bits per heavy atom. The molecule has 0 amide bonds. The van der Waals surface area contributed by atoms with Gasteiger partial charge in [0.25, 0.3) is 0 Å². The third-order valence-electron chi connectivity index (χ3n) is 7.83. The van der Waals surface area contributed by atoms with Gasteiger partial charge in [-0.05, 0) is 79.1 Å². The van der Waals surface area contributed by atoms with Crippen molar-refractivity contribution < 1.29 is 9.59 Å². The highest BCUT2D eigenvalue weighted by molar-refractivity contribution is 6.42. The van der Waals surface area contributed by atoms with Crippen LogP contribution >= 0.6 is 0 Å². The second kappa shape index (κ2) is 4.55. The predicted molar refractivity (Wildman–Crippen MR) is 86.3 cm³/mol. The maximum atomic E-state index is 12.1. The van der Waals surface area contributed by atoms with E-state index < -0.39 is 0 Å². The normalized spacial score (nSPS) is 51.0. The fourth-order valence-electron chi connectivity index (χ4n) is 6.89. The summed E-state index contributed by atoms with van der Waals surface area (Å²) in [7, 11) is 0. The van der Waals surface area contributed by atoms with Crippen LogP contribution in [0.3, 0.4) is 0 Å². The van der Waals surface area contributed by atoms with E-state index >= 15 is 0 Å². The van der Waals surface area contributed by atoms with Crippen molar-refractivity contribution in [3.8, 4) is 0 Å². The molecule has 2 heteroatoms. The van der Waals surface area contributed by atoms with Crippen molar-refractivity contribution in [3.63, 3.8) is 0 Å². The zero-order valence-electron chi connectivity index (χ0n) is 14.2. The zero-order chi connectivity index (χ0) is 15.7. The highest BCUT2D eigenvalue weighted by Gasteiger charge is 2.58. The number of hydrogen-bond acceptors (Lipinski definition) is 2. The zero-order valence-corrected chi connectivity index (χ0v) is 14.2. The average Bonchev–Trinajstić information content (AvgIpc) is 2.75. The highest BCUT2D eigenvalue weighted by Crippen LogP contribution is 2.65. The van der Waals surface area contributed by atoms with Gasteiger partial charge in [0.1, 0.15) is 0 Å². The van der Waals surface area contributed by atoms with Gasteiger partial charge in [-0.2, -0.15) is 0 Å². The van der Waals surface area contributed by atoms with Crippen molar-refractivity contribution >= 4 is 11.6 Å². The molecule has 0 spiro atoms. The molecule has 2 nitrogen and oxygen atoms in total. The molecular weight excluding hydrogens is 272 g/mol. The topological polar surface area (TPSA) is 34.1 Å². The molecule has 4 aliphatic carbocycles. The van der Waals surface area contributed by atoms with E-state index in [1.54, 1.807) is 6.08 Å². The molecule has 0 aromatic heterocycles. The van der Waals surface area contributed by atoms with Gasteiger partial charge in [0.2, 0.25) is 11.6 Å². The molecule has 6 atom stereocenters. The van der Waals surface area contributed by atoms with Crippen molar-refractivity contribution in [2.45, 2.75) is 65.7 Å². The lowest BCUT2D eigenvalue weighted by atomic mass is 9.47. The minimum absolute atomic E-state index is 0.0267.